The van der Waals surface area contributed by atoms with E-state index in [-0.39, 0.29) is 0 Å². The summed E-state index contributed by atoms with van der Waals surface area (Å²) in [5, 5.41) is 0.796. The fourth-order valence-corrected chi connectivity index (χ4v) is 3.57. The Morgan fingerprint density at radius 1 is 1.21 bits per heavy atom. The second-order valence-corrected chi connectivity index (χ2v) is 6.14. The average Bonchev–Trinajstić information content (AvgIpc) is 3.04. The summed E-state index contributed by atoms with van der Waals surface area (Å²) in [6.07, 6.45) is 4.02. The molecule has 1 atom stereocenters. The summed E-state index contributed by atoms with van der Waals surface area (Å²) < 4.78 is 0. The van der Waals surface area contributed by atoms with Gasteiger partial charge in [-0.3, -0.25) is 9.80 Å². The Hall–Kier alpha value is -0.770. The molecule has 2 saturated heterocycles. The Bertz CT molecular complexity index is 423. The van der Waals surface area contributed by atoms with Crippen LogP contribution in [0.3, 0.4) is 0 Å². The first kappa shape index (κ1) is 13.2. The molecule has 104 valence electrons. The molecule has 0 saturated carbocycles. The molecule has 1 aromatic rings. The minimum absolute atomic E-state index is 0.742. The monoisotopic (exact) mass is 279 g/mol. The van der Waals surface area contributed by atoms with Crippen LogP contribution in [0, 0.1) is 0 Å². The largest absolute Gasteiger partial charge is 0.398 e. The van der Waals surface area contributed by atoms with E-state index < -0.39 is 0 Å². The fraction of sp³-hybridized carbons (Fsp3) is 0.600. The van der Waals surface area contributed by atoms with Crippen molar-refractivity contribution >= 4 is 17.3 Å². The topological polar surface area (TPSA) is 32.5 Å². The van der Waals surface area contributed by atoms with E-state index >= 15 is 0 Å². The number of anilines is 1. The normalized spacial score (nSPS) is 25.2. The first-order valence-corrected chi connectivity index (χ1v) is 7.61. The van der Waals surface area contributed by atoms with Gasteiger partial charge in [0, 0.05) is 41.9 Å². The minimum atomic E-state index is 0.742. The first-order valence-electron chi connectivity index (χ1n) is 7.23. The number of benzene rings is 1. The molecule has 2 fully saturated rings. The van der Waals surface area contributed by atoms with E-state index in [1.54, 1.807) is 0 Å². The van der Waals surface area contributed by atoms with Crippen molar-refractivity contribution in [1.82, 2.24) is 9.80 Å². The van der Waals surface area contributed by atoms with Crippen molar-refractivity contribution < 1.29 is 0 Å². The van der Waals surface area contributed by atoms with Crippen molar-refractivity contribution in [3.63, 3.8) is 0 Å². The highest BCUT2D eigenvalue weighted by Crippen LogP contribution is 2.27. The second-order valence-electron chi connectivity index (χ2n) is 5.73. The molecule has 2 N–H and O–H groups in total. The third-order valence-corrected chi connectivity index (χ3v) is 4.80. The SMILES string of the molecule is Nc1cccc(Cl)c1CN1CCC(N2CCCC2)C1. The van der Waals surface area contributed by atoms with E-state index in [1.807, 2.05) is 18.2 Å². The zero-order valence-corrected chi connectivity index (χ0v) is 12.1. The molecule has 1 unspecified atom stereocenters. The van der Waals surface area contributed by atoms with Gasteiger partial charge in [0.1, 0.15) is 0 Å². The molecule has 4 heteroatoms. The Morgan fingerprint density at radius 3 is 2.74 bits per heavy atom. The number of halogens is 1. The quantitative estimate of drug-likeness (QED) is 0.864. The molecule has 2 heterocycles. The molecule has 0 bridgehead atoms. The van der Waals surface area contributed by atoms with Crippen LogP contribution in [0.25, 0.3) is 0 Å². The summed E-state index contributed by atoms with van der Waals surface area (Å²) in [5.41, 5.74) is 7.94. The molecular formula is C15H22ClN3. The van der Waals surface area contributed by atoms with Crippen molar-refractivity contribution in [3.8, 4) is 0 Å². The second kappa shape index (κ2) is 5.70. The molecule has 0 spiro atoms. The van der Waals surface area contributed by atoms with E-state index in [0.29, 0.717) is 0 Å². The molecule has 2 aliphatic heterocycles. The lowest BCUT2D eigenvalue weighted by atomic mass is 10.1. The molecule has 0 amide bonds. The van der Waals surface area contributed by atoms with Crippen LogP contribution in [0.1, 0.15) is 24.8 Å². The maximum absolute atomic E-state index is 6.25. The summed E-state index contributed by atoms with van der Waals surface area (Å²) in [6.45, 7) is 5.77. The third kappa shape index (κ3) is 2.88. The molecule has 0 aliphatic carbocycles. The van der Waals surface area contributed by atoms with Crippen molar-refractivity contribution in [2.45, 2.75) is 31.8 Å². The zero-order valence-electron chi connectivity index (χ0n) is 11.3. The highest BCUT2D eigenvalue weighted by atomic mass is 35.5. The molecule has 3 rings (SSSR count). The van der Waals surface area contributed by atoms with Crippen LogP contribution >= 0.6 is 11.6 Å². The van der Waals surface area contributed by atoms with Gasteiger partial charge in [-0.05, 0) is 44.5 Å². The molecular weight excluding hydrogens is 258 g/mol. The van der Waals surface area contributed by atoms with Crippen LogP contribution in [0.5, 0.6) is 0 Å². The number of nitrogen functional groups attached to an aromatic ring is 1. The molecule has 0 radical (unpaired) electrons. The van der Waals surface area contributed by atoms with Gasteiger partial charge in [0.15, 0.2) is 0 Å². The standard InChI is InChI=1S/C15H22ClN3/c16-14-4-3-5-15(17)13(14)11-18-9-6-12(10-18)19-7-1-2-8-19/h3-5,12H,1-2,6-11,17H2. The molecule has 19 heavy (non-hydrogen) atoms. The van der Waals surface area contributed by atoms with Crippen LogP contribution < -0.4 is 5.73 Å². The maximum Gasteiger partial charge on any atom is 0.0471 e. The third-order valence-electron chi connectivity index (χ3n) is 4.44. The van der Waals surface area contributed by atoms with Crippen LogP contribution in [0.15, 0.2) is 18.2 Å². The van der Waals surface area contributed by atoms with Gasteiger partial charge in [-0.15, -0.1) is 0 Å². The van der Waals surface area contributed by atoms with Crippen LogP contribution in [-0.4, -0.2) is 42.0 Å². The van der Waals surface area contributed by atoms with Crippen LogP contribution in [0.2, 0.25) is 5.02 Å². The summed E-state index contributed by atoms with van der Waals surface area (Å²) in [4.78, 5) is 5.14. The number of likely N-dealkylation sites (tertiary alicyclic amines) is 2. The first-order chi connectivity index (χ1) is 9.24. The van der Waals surface area contributed by atoms with E-state index in [0.717, 1.165) is 41.9 Å². The van der Waals surface area contributed by atoms with Gasteiger partial charge in [-0.2, -0.15) is 0 Å². The lowest BCUT2D eigenvalue weighted by molar-refractivity contribution is 0.230. The van der Waals surface area contributed by atoms with E-state index in [1.165, 1.54) is 32.4 Å². The van der Waals surface area contributed by atoms with E-state index in [9.17, 15) is 0 Å². The average molecular weight is 280 g/mol. The molecule has 2 aliphatic rings. The summed E-state index contributed by atoms with van der Waals surface area (Å²) >= 11 is 6.25. The Kier molecular flexibility index (Phi) is 3.96. The number of hydrogen-bond acceptors (Lipinski definition) is 3. The van der Waals surface area contributed by atoms with Crippen molar-refractivity contribution in [3.05, 3.63) is 28.8 Å². The fourth-order valence-electron chi connectivity index (χ4n) is 3.33. The van der Waals surface area contributed by atoms with Crippen LogP contribution in [0.4, 0.5) is 5.69 Å². The molecule has 3 nitrogen and oxygen atoms in total. The van der Waals surface area contributed by atoms with Gasteiger partial charge < -0.3 is 5.73 Å². The molecule has 0 aromatic heterocycles. The van der Waals surface area contributed by atoms with E-state index in [4.69, 9.17) is 17.3 Å². The summed E-state index contributed by atoms with van der Waals surface area (Å²) in [6, 6.07) is 6.53. The van der Waals surface area contributed by atoms with Crippen molar-refractivity contribution in [2.75, 3.05) is 31.9 Å². The summed E-state index contributed by atoms with van der Waals surface area (Å²) in [5.74, 6) is 0. The molecule has 1 aromatic carbocycles. The number of hydrogen-bond donors (Lipinski definition) is 1. The Labute approximate surface area is 120 Å². The maximum atomic E-state index is 6.25. The van der Waals surface area contributed by atoms with Crippen LogP contribution in [-0.2, 0) is 6.54 Å². The van der Waals surface area contributed by atoms with Gasteiger partial charge in [0.2, 0.25) is 0 Å². The lowest BCUT2D eigenvalue weighted by Crippen LogP contribution is -2.35. The predicted molar refractivity (Wildman–Crippen MR) is 80.4 cm³/mol. The van der Waals surface area contributed by atoms with Crippen molar-refractivity contribution in [2.24, 2.45) is 0 Å². The smallest absolute Gasteiger partial charge is 0.0471 e. The number of nitrogens with two attached hydrogens (primary N) is 1. The van der Waals surface area contributed by atoms with Gasteiger partial charge >= 0.3 is 0 Å². The number of nitrogens with zero attached hydrogens (tertiary/aromatic N) is 2. The zero-order chi connectivity index (χ0) is 13.2. The van der Waals surface area contributed by atoms with Gasteiger partial charge in [0.05, 0.1) is 0 Å². The summed E-state index contributed by atoms with van der Waals surface area (Å²) in [7, 11) is 0. The predicted octanol–water partition coefficient (Wildman–Crippen LogP) is 2.59. The van der Waals surface area contributed by atoms with Crippen molar-refractivity contribution in [1.29, 1.82) is 0 Å². The Balaban J connectivity index is 1.62. The Morgan fingerprint density at radius 2 is 2.00 bits per heavy atom. The number of rotatable bonds is 3. The van der Waals surface area contributed by atoms with E-state index in [2.05, 4.69) is 9.80 Å². The van der Waals surface area contributed by atoms with Gasteiger partial charge in [0.25, 0.3) is 0 Å². The van der Waals surface area contributed by atoms with Gasteiger partial charge in [-0.25, -0.2) is 0 Å². The highest BCUT2D eigenvalue weighted by Gasteiger charge is 2.29. The van der Waals surface area contributed by atoms with Gasteiger partial charge in [-0.1, -0.05) is 17.7 Å². The minimum Gasteiger partial charge on any atom is -0.398 e. The highest BCUT2D eigenvalue weighted by molar-refractivity contribution is 6.31. The lowest BCUT2D eigenvalue weighted by Gasteiger charge is -2.24.